The fourth-order valence-corrected chi connectivity index (χ4v) is 2.18. The summed E-state index contributed by atoms with van der Waals surface area (Å²) in [7, 11) is 1.45. The summed E-state index contributed by atoms with van der Waals surface area (Å²) in [4.78, 5) is 29.4. The van der Waals surface area contributed by atoms with Crippen molar-refractivity contribution in [2.75, 3.05) is 13.7 Å². The van der Waals surface area contributed by atoms with Gasteiger partial charge in [0, 0.05) is 5.56 Å². The smallest absolute Gasteiger partial charge is 0.408 e. The van der Waals surface area contributed by atoms with Crippen molar-refractivity contribution >= 4 is 17.7 Å². The molecule has 1 unspecified atom stereocenters. The molecule has 7 nitrogen and oxygen atoms in total. The molecule has 0 aromatic heterocycles. The van der Waals surface area contributed by atoms with E-state index in [0.717, 1.165) is 5.56 Å². The van der Waals surface area contributed by atoms with Crippen molar-refractivity contribution in [2.45, 2.75) is 46.3 Å². The normalized spacial score (nSPS) is 13.1. The van der Waals surface area contributed by atoms with Crippen LogP contribution in [0.3, 0.4) is 0 Å². The maximum absolute atomic E-state index is 12.5. The molecule has 1 atom stereocenters. The van der Waals surface area contributed by atoms with E-state index in [4.69, 9.17) is 9.57 Å². The molecule has 2 amide bonds. The number of hydrogen-bond acceptors (Lipinski definition) is 5. The van der Waals surface area contributed by atoms with Crippen LogP contribution in [-0.2, 0) is 14.4 Å². The quantitative estimate of drug-likeness (QED) is 0.576. The average molecular weight is 363 g/mol. The molecule has 144 valence electrons. The van der Waals surface area contributed by atoms with E-state index >= 15 is 0 Å². The van der Waals surface area contributed by atoms with E-state index in [0.29, 0.717) is 5.71 Å². The zero-order chi connectivity index (χ0) is 19.7. The van der Waals surface area contributed by atoms with Gasteiger partial charge in [0.1, 0.15) is 24.5 Å². The Morgan fingerprint density at radius 2 is 1.77 bits per heavy atom. The summed E-state index contributed by atoms with van der Waals surface area (Å²) in [6.45, 7) is 9.18. The number of benzene rings is 1. The van der Waals surface area contributed by atoms with Gasteiger partial charge in [0.25, 0.3) is 0 Å². The lowest BCUT2D eigenvalue weighted by Crippen LogP contribution is -2.51. The molecule has 0 spiro atoms. The molecular weight excluding hydrogens is 334 g/mol. The lowest BCUT2D eigenvalue weighted by molar-refractivity contribution is -0.123. The van der Waals surface area contributed by atoms with Gasteiger partial charge >= 0.3 is 6.09 Å². The lowest BCUT2D eigenvalue weighted by atomic mass is 10.0. The molecule has 0 aliphatic rings. The van der Waals surface area contributed by atoms with Crippen LogP contribution in [0.15, 0.2) is 35.5 Å². The predicted molar refractivity (Wildman–Crippen MR) is 101 cm³/mol. The molecule has 1 rings (SSSR count). The van der Waals surface area contributed by atoms with Crippen molar-refractivity contribution < 1.29 is 19.2 Å². The van der Waals surface area contributed by atoms with Gasteiger partial charge in [0.05, 0.1) is 6.54 Å². The first-order valence-electron chi connectivity index (χ1n) is 8.56. The highest BCUT2D eigenvalue weighted by Crippen LogP contribution is 2.09. The van der Waals surface area contributed by atoms with Crippen LogP contribution in [0.2, 0.25) is 0 Å². The standard InChI is InChI=1S/C19H29N3O4/c1-13(2)16(21-18(24)26-19(3,4)5)17(23)20-12-15(22-25-6)14-10-8-7-9-11-14/h7-11,13,16H,12H2,1-6H3,(H,20,23)(H,21,24). The highest BCUT2D eigenvalue weighted by Gasteiger charge is 2.27. The minimum atomic E-state index is -0.718. The Morgan fingerprint density at radius 3 is 2.27 bits per heavy atom. The third kappa shape index (κ3) is 7.55. The molecule has 0 aliphatic carbocycles. The molecule has 7 heteroatoms. The number of rotatable bonds is 7. The zero-order valence-corrected chi connectivity index (χ0v) is 16.3. The van der Waals surface area contributed by atoms with Crippen molar-refractivity contribution in [3.05, 3.63) is 35.9 Å². The molecule has 2 N–H and O–H groups in total. The maximum Gasteiger partial charge on any atom is 0.408 e. The predicted octanol–water partition coefficient (Wildman–Crippen LogP) is 2.70. The summed E-state index contributed by atoms with van der Waals surface area (Å²) in [5, 5.41) is 9.39. The van der Waals surface area contributed by atoms with Crippen molar-refractivity contribution in [2.24, 2.45) is 11.1 Å². The van der Waals surface area contributed by atoms with E-state index in [-0.39, 0.29) is 18.4 Å². The molecular formula is C19H29N3O4. The SMILES string of the molecule is CON=C(CNC(=O)C(NC(=O)OC(C)(C)C)C(C)C)c1ccccc1. The molecule has 0 saturated carbocycles. The second-order valence-corrected chi connectivity index (χ2v) is 7.17. The molecule has 1 aromatic carbocycles. The molecule has 0 radical (unpaired) electrons. The second-order valence-electron chi connectivity index (χ2n) is 7.17. The van der Waals surface area contributed by atoms with Gasteiger partial charge in [0.2, 0.25) is 5.91 Å². The third-order valence-electron chi connectivity index (χ3n) is 3.36. The molecule has 0 heterocycles. The Kier molecular flexibility index (Phi) is 8.09. The maximum atomic E-state index is 12.5. The largest absolute Gasteiger partial charge is 0.444 e. The minimum Gasteiger partial charge on any atom is -0.444 e. The monoisotopic (exact) mass is 363 g/mol. The number of hydrogen-bond donors (Lipinski definition) is 2. The molecule has 26 heavy (non-hydrogen) atoms. The van der Waals surface area contributed by atoms with E-state index in [1.807, 2.05) is 44.2 Å². The van der Waals surface area contributed by atoms with E-state index in [1.165, 1.54) is 7.11 Å². The lowest BCUT2D eigenvalue weighted by Gasteiger charge is -2.25. The topological polar surface area (TPSA) is 89.0 Å². The van der Waals surface area contributed by atoms with E-state index in [2.05, 4.69) is 15.8 Å². The number of ether oxygens (including phenoxy) is 1. The van der Waals surface area contributed by atoms with E-state index in [9.17, 15) is 9.59 Å². The van der Waals surface area contributed by atoms with Crippen LogP contribution < -0.4 is 10.6 Å². The van der Waals surface area contributed by atoms with Gasteiger partial charge < -0.3 is 20.2 Å². The van der Waals surface area contributed by atoms with Gasteiger partial charge in [-0.1, -0.05) is 49.3 Å². The second kappa shape index (κ2) is 9.79. The van der Waals surface area contributed by atoms with Crippen LogP contribution in [0.1, 0.15) is 40.2 Å². The Bertz CT molecular complexity index is 621. The summed E-state index contributed by atoms with van der Waals surface area (Å²) in [6.07, 6.45) is -0.625. The number of oxime groups is 1. The van der Waals surface area contributed by atoms with Gasteiger partial charge in [-0.3, -0.25) is 4.79 Å². The third-order valence-corrected chi connectivity index (χ3v) is 3.36. The van der Waals surface area contributed by atoms with Gasteiger partial charge in [0.15, 0.2) is 0 Å². The van der Waals surface area contributed by atoms with E-state index in [1.54, 1.807) is 20.8 Å². The van der Waals surface area contributed by atoms with Crippen LogP contribution in [0.5, 0.6) is 0 Å². The number of carbonyl (C=O) groups excluding carboxylic acids is 2. The summed E-state index contributed by atoms with van der Waals surface area (Å²) >= 11 is 0. The Hall–Kier alpha value is -2.57. The van der Waals surface area contributed by atoms with Crippen LogP contribution in [0.4, 0.5) is 4.79 Å². The van der Waals surface area contributed by atoms with Crippen molar-refractivity contribution in [1.82, 2.24) is 10.6 Å². The summed E-state index contributed by atoms with van der Waals surface area (Å²) in [5.74, 6) is -0.423. The summed E-state index contributed by atoms with van der Waals surface area (Å²) in [5.41, 5.74) is 0.797. The molecule has 1 aromatic rings. The summed E-state index contributed by atoms with van der Waals surface area (Å²) < 4.78 is 5.23. The Balaban J connectivity index is 2.74. The fraction of sp³-hybridized carbons (Fsp3) is 0.526. The summed E-state index contributed by atoms with van der Waals surface area (Å²) in [6, 6.07) is 8.69. The molecule has 0 bridgehead atoms. The van der Waals surface area contributed by atoms with Gasteiger partial charge in [-0.15, -0.1) is 0 Å². The fourth-order valence-electron chi connectivity index (χ4n) is 2.18. The first-order valence-corrected chi connectivity index (χ1v) is 8.56. The zero-order valence-electron chi connectivity index (χ0n) is 16.3. The highest BCUT2D eigenvalue weighted by atomic mass is 16.6. The minimum absolute atomic E-state index is 0.109. The first kappa shape index (κ1) is 21.5. The van der Waals surface area contributed by atoms with Crippen LogP contribution in [0, 0.1) is 5.92 Å². The van der Waals surface area contributed by atoms with Crippen LogP contribution in [-0.4, -0.2) is 43.0 Å². The first-order chi connectivity index (χ1) is 12.1. The molecule has 0 fully saturated rings. The van der Waals surface area contributed by atoms with Gasteiger partial charge in [-0.25, -0.2) is 4.79 Å². The molecule has 0 aliphatic heterocycles. The Labute approximate surface area is 155 Å². The van der Waals surface area contributed by atoms with Crippen molar-refractivity contribution in [3.63, 3.8) is 0 Å². The van der Waals surface area contributed by atoms with Crippen molar-refractivity contribution in [1.29, 1.82) is 0 Å². The molecule has 0 saturated heterocycles. The van der Waals surface area contributed by atoms with E-state index < -0.39 is 17.7 Å². The van der Waals surface area contributed by atoms with Gasteiger partial charge in [-0.05, 0) is 26.7 Å². The van der Waals surface area contributed by atoms with Crippen LogP contribution >= 0.6 is 0 Å². The Morgan fingerprint density at radius 1 is 1.15 bits per heavy atom. The van der Waals surface area contributed by atoms with Crippen LogP contribution in [0.25, 0.3) is 0 Å². The average Bonchev–Trinajstić information content (AvgIpc) is 2.55. The number of alkyl carbamates (subject to hydrolysis) is 1. The van der Waals surface area contributed by atoms with Crippen molar-refractivity contribution in [3.8, 4) is 0 Å². The number of nitrogens with one attached hydrogen (secondary N) is 2. The highest BCUT2D eigenvalue weighted by molar-refractivity contribution is 6.03. The number of amides is 2. The van der Waals surface area contributed by atoms with Gasteiger partial charge in [-0.2, -0.15) is 0 Å². The number of nitrogens with zero attached hydrogens (tertiary/aromatic N) is 1. The number of carbonyl (C=O) groups is 2.